The van der Waals surface area contributed by atoms with Crippen molar-refractivity contribution in [2.75, 3.05) is 12.0 Å². The van der Waals surface area contributed by atoms with Crippen molar-refractivity contribution >= 4 is 23.3 Å². The number of carbonyl (C=O) groups is 1. The molecule has 0 bridgehead atoms. The van der Waals surface area contributed by atoms with Gasteiger partial charge < -0.3 is 15.4 Å². The molecule has 0 aliphatic heterocycles. The first kappa shape index (κ1) is 18.9. The first-order valence-electron chi connectivity index (χ1n) is 7.28. The molecule has 134 valence electrons. The van der Waals surface area contributed by atoms with E-state index in [1.807, 2.05) is 13.8 Å². The van der Waals surface area contributed by atoms with Crippen molar-refractivity contribution in [2.24, 2.45) is 0 Å². The van der Waals surface area contributed by atoms with Crippen molar-refractivity contribution in [1.29, 1.82) is 0 Å². The Bertz CT molecular complexity index is 756. The summed E-state index contributed by atoms with van der Waals surface area (Å²) in [6, 6.07) is 7.13. The Morgan fingerprint density at radius 2 is 1.80 bits per heavy atom. The lowest BCUT2D eigenvalue weighted by atomic mass is 10.1. The lowest BCUT2D eigenvalue weighted by Crippen LogP contribution is -2.32. The highest BCUT2D eigenvalue weighted by molar-refractivity contribution is 6.32. The highest BCUT2D eigenvalue weighted by atomic mass is 35.5. The van der Waals surface area contributed by atoms with Crippen LogP contribution >= 0.6 is 11.6 Å². The standard InChI is InChI=1S/C17H16ClF3N2O2/c1-10-6-14(7-11(2)15(10)18)25-9-22-16(24)23-13-5-3-4-12(8-13)17(19,20)21/h3-8H,9H2,1-2H3,(H2,22,23,24). The zero-order valence-corrected chi connectivity index (χ0v) is 14.3. The van der Waals surface area contributed by atoms with Crippen LogP contribution < -0.4 is 15.4 Å². The van der Waals surface area contributed by atoms with Gasteiger partial charge in [-0.15, -0.1) is 0 Å². The van der Waals surface area contributed by atoms with E-state index in [2.05, 4.69) is 10.6 Å². The number of hydrogen-bond donors (Lipinski definition) is 2. The molecule has 0 fully saturated rings. The molecular formula is C17H16ClF3N2O2. The van der Waals surface area contributed by atoms with Gasteiger partial charge >= 0.3 is 12.2 Å². The molecule has 2 aromatic carbocycles. The van der Waals surface area contributed by atoms with Crippen molar-refractivity contribution in [3.8, 4) is 5.75 Å². The number of anilines is 1. The van der Waals surface area contributed by atoms with Crippen LogP contribution in [-0.4, -0.2) is 12.8 Å². The molecule has 0 atom stereocenters. The van der Waals surface area contributed by atoms with Gasteiger partial charge in [-0.05, 0) is 55.3 Å². The third-order valence-corrected chi connectivity index (χ3v) is 3.93. The van der Waals surface area contributed by atoms with Crippen molar-refractivity contribution < 1.29 is 22.7 Å². The number of amides is 2. The summed E-state index contributed by atoms with van der Waals surface area (Å²) in [4.78, 5) is 11.7. The number of hydrogen-bond acceptors (Lipinski definition) is 2. The van der Waals surface area contributed by atoms with E-state index >= 15 is 0 Å². The number of rotatable bonds is 4. The maximum absolute atomic E-state index is 12.6. The van der Waals surface area contributed by atoms with Crippen LogP contribution in [0.1, 0.15) is 16.7 Å². The van der Waals surface area contributed by atoms with Gasteiger partial charge in [0.1, 0.15) is 5.75 Å². The molecule has 0 heterocycles. The second-order valence-electron chi connectivity index (χ2n) is 5.37. The first-order chi connectivity index (χ1) is 11.7. The van der Waals surface area contributed by atoms with E-state index in [1.165, 1.54) is 12.1 Å². The zero-order chi connectivity index (χ0) is 18.6. The Kier molecular flexibility index (Phi) is 5.79. The molecule has 25 heavy (non-hydrogen) atoms. The number of carbonyl (C=O) groups excluding carboxylic acids is 1. The van der Waals surface area contributed by atoms with E-state index in [9.17, 15) is 18.0 Å². The average molecular weight is 373 g/mol. The fourth-order valence-electron chi connectivity index (χ4n) is 2.12. The topological polar surface area (TPSA) is 50.4 Å². The van der Waals surface area contributed by atoms with Crippen molar-refractivity contribution in [2.45, 2.75) is 20.0 Å². The quantitative estimate of drug-likeness (QED) is 0.731. The summed E-state index contributed by atoms with van der Waals surface area (Å²) < 4.78 is 43.3. The minimum Gasteiger partial charge on any atom is -0.473 e. The number of halogens is 4. The summed E-state index contributed by atoms with van der Waals surface area (Å²) >= 11 is 6.05. The summed E-state index contributed by atoms with van der Waals surface area (Å²) in [7, 11) is 0. The number of urea groups is 1. The van der Waals surface area contributed by atoms with Crippen LogP contribution in [0.25, 0.3) is 0 Å². The highest BCUT2D eigenvalue weighted by Crippen LogP contribution is 2.30. The molecule has 0 aliphatic carbocycles. The van der Waals surface area contributed by atoms with Crippen molar-refractivity contribution in [1.82, 2.24) is 5.32 Å². The Balaban J connectivity index is 1.89. The third-order valence-electron chi connectivity index (χ3n) is 3.33. The highest BCUT2D eigenvalue weighted by Gasteiger charge is 2.30. The molecule has 2 N–H and O–H groups in total. The monoisotopic (exact) mass is 372 g/mol. The number of alkyl halides is 3. The molecule has 2 amide bonds. The Labute approximate surface area is 147 Å². The van der Waals surface area contributed by atoms with E-state index in [0.717, 1.165) is 23.3 Å². The van der Waals surface area contributed by atoms with E-state index < -0.39 is 17.8 Å². The molecule has 4 nitrogen and oxygen atoms in total. The van der Waals surface area contributed by atoms with E-state index in [4.69, 9.17) is 16.3 Å². The van der Waals surface area contributed by atoms with Gasteiger partial charge in [0.2, 0.25) is 0 Å². The zero-order valence-electron chi connectivity index (χ0n) is 13.5. The van der Waals surface area contributed by atoms with Crippen molar-refractivity contribution in [3.63, 3.8) is 0 Å². The number of aryl methyl sites for hydroxylation is 2. The van der Waals surface area contributed by atoms with Crippen LogP contribution in [0.15, 0.2) is 36.4 Å². The van der Waals surface area contributed by atoms with E-state index in [1.54, 1.807) is 12.1 Å². The SMILES string of the molecule is Cc1cc(OCNC(=O)Nc2cccc(C(F)(F)F)c2)cc(C)c1Cl. The van der Waals surface area contributed by atoms with Crippen molar-refractivity contribution in [3.05, 3.63) is 58.1 Å². The Hall–Kier alpha value is -2.41. The summed E-state index contributed by atoms with van der Waals surface area (Å²) in [5.41, 5.74) is 0.870. The van der Waals surface area contributed by atoms with Crippen LogP contribution in [0.4, 0.5) is 23.7 Å². The van der Waals surface area contributed by atoms with Gasteiger partial charge in [0.15, 0.2) is 6.73 Å². The molecule has 0 saturated heterocycles. The summed E-state index contributed by atoms with van der Waals surface area (Å²) in [6.07, 6.45) is -4.47. The molecule has 2 rings (SSSR count). The normalized spacial score (nSPS) is 11.1. The lowest BCUT2D eigenvalue weighted by Gasteiger charge is -2.12. The fraction of sp³-hybridized carbons (Fsp3) is 0.235. The summed E-state index contributed by atoms with van der Waals surface area (Å²) in [5, 5.41) is 5.37. The number of benzene rings is 2. The Morgan fingerprint density at radius 1 is 1.16 bits per heavy atom. The maximum atomic E-state index is 12.6. The van der Waals surface area contributed by atoms with Crippen LogP contribution in [0.5, 0.6) is 5.75 Å². The molecule has 0 saturated carbocycles. The van der Waals surface area contributed by atoms with Crippen LogP contribution in [-0.2, 0) is 6.18 Å². The minimum atomic E-state index is -4.47. The molecule has 0 aromatic heterocycles. The largest absolute Gasteiger partial charge is 0.473 e. The van der Waals surface area contributed by atoms with Crippen LogP contribution in [0, 0.1) is 13.8 Å². The van der Waals surface area contributed by atoms with Gasteiger partial charge in [-0.2, -0.15) is 13.2 Å². The molecule has 0 radical (unpaired) electrons. The predicted molar refractivity (Wildman–Crippen MR) is 90.0 cm³/mol. The molecular weight excluding hydrogens is 357 g/mol. The van der Waals surface area contributed by atoms with Crippen LogP contribution in [0.3, 0.4) is 0 Å². The smallest absolute Gasteiger partial charge is 0.416 e. The molecule has 8 heteroatoms. The lowest BCUT2D eigenvalue weighted by molar-refractivity contribution is -0.137. The molecule has 2 aromatic rings. The van der Waals surface area contributed by atoms with Gasteiger partial charge in [-0.25, -0.2) is 4.79 Å². The van der Waals surface area contributed by atoms with Gasteiger partial charge in [-0.1, -0.05) is 17.7 Å². The molecule has 0 spiro atoms. The van der Waals surface area contributed by atoms with Gasteiger partial charge in [0.25, 0.3) is 0 Å². The van der Waals surface area contributed by atoms with Crippen LogP contribution in [0.2, 0.25) is 5.02 Å². The Morgan fingerprint density at radius 3 is 2.40 bits per heavy atom. The van der Waals surface area contributed by atoms with Gasteiger partial charge in [-0.3, -0.25) is 0 Å². The van der Waals surface area contributed by atoms with Gasteiger partial charge in [0.05, 0.1) is 5.56 Å². The average Bonchev–Trinajstić information content (AvgIpc) is 2.52. The first-order valence-corrected chi connectivity index (χ1v) is 7.66. The van der Waals surface area contributed by atoms with E-state index in [-0.39, 0.29) is 12.4 Å². The van der Waals surface area contributed by atoms with E-state index in [0.29, 0.717) is 10.8 Å². The minimum absolute atomic E-state index is 0.0329. The second kappa shape index (κ2) is 7.65. The molecule has 0 unspecified atom stereocenters. The maximum Gasteiger partial charge on any atom is 0.416 e. The number of nitrogens with one attached hydrogen (secondary N) is 2. The van der Waals surface area contributed by atoms with Gasteiger partial charge in [0, 0.05) is 10.7 Å². The fourth-order valence-corrected chi connectivity index (χ4v) is 2.23. The summed E-state index contributed by atoms with van der Waals surface area (Å²) in [6.45, 7) is 3.51. The molecule has 0 aliphatic rings. The number of ether oxygens (including phenoxy) is 1. The predicted octanol–water partition coefficient (Wildman–Crippen LogP) is 5.13. The third kappa shape index (κ3) is 5.29. The second-order valence-corrected chi connectivity index (χ2v) is 5.75. The summed E-state index contributed by atoms with van der Waals surface area (Å²) in [5.74, 6) is 0.527.